The summed E-state index contributed by atoms with van der Waals surface area (Å²) in [5, 5.41) is 21.8. The summed E-state index contributed by atoms with van der Waals surface area (Å²) in [5.41, 5.74) is 0. The van der Waals surface area contributed by atoms with Crippen molar-refractivity contribution in [2.45, 2.75) is 199 Å². The van der Waals surface area contributed by atoms with Gasteiger partial charge in [0.1, 0.15) is 12.7 Å². The van der Waals surface area contributed by atoms with Gasteiger partial charge in [-0.2, -0.15) is 0 Å². The smallest absolute Gasteiger partial charge is 0.472 e. The number of nitrogens with one attached hydrogen (secondary N) is 1. The molecule has 0 rings (SSSR count). The van der Waals surface area contributed by atoms with Crippen LogP contribution in [0.1, 0.15) is 187 Å². The summed E-state index contributed by atoms with van der Waals surface area (Å²) in [7, 11) is -4.76. The molecule has 1 amide bonds. The van der Waals surface area contributed by atoms with E-state index in [1.807, 2.05) is 0 Å². The maximum absolute atomic E-state index is 12.3. The number of rotatable bonds is 40. The molecule has 320 valence electrons. The van der Waals surface area contributed by atoms with Gasteiger partial charge < -0.3 is 25.2 Å². The topological polar surface area (TPSA) is 169 Å². The van der Waals surface area contributed by atoms with E-state index in [9.17, 15) is 34.1 Å². The largest absolute Gasteiger partial charge is 0.480 e. The molecule has 0 bridgehead atoms. The second-order valence-electron chi connectivity index (χ2n) is 14.5. The summed E-state index contributed by atoms with van der Waals surface area (Å²) in [4.78, 5) is 45.9. The van der Waals surface area contributed by atoms with Crippen molar-refractivity contribution in [2.24, 2.45) is 0 Å². The molecule has 0 saturated carbocycles. The van der Waals surface area contributed by atoms with Crippen molar-refractivity contribution in [1.29, 1.82) is 0 Å². The van der Waals surface area contributed by atoms with Gasteiger partial charge in [0.05, 0.1) is 13.2 Å². The zero-order valence-electron chi connectivity index (χ0n) is 34.5. The summed E-state index contributed by atoms with van der Waals surface area (Å²) >= 11 is 0. The highest BCUT2D eigenvalue weighted by Crippen LogP contribution is 2.43. The minimum absolute atomic E-state index is 0.135. The number of carboxylic acids is 1. The van der Waals surface area contributed by atoms with E-state index in [4.69, 9.17) is 13.8 Å². The highest BCUT2D eigenvalue weighted by Gasteiger charge is 2.28. The molecule has 3 atom stereocenters. The molecule has 0 fully saturated rings. The number of unbranched alkanes of at least 4 members (excludes halogenated alkanes) is 20. The zero-order valence-corrected chi connectivity index (χ0v) is 35.4. The Bertz CT molecular complexity index is 1080. The molecule has 0 aliphatic rings. The lowest BCUT2D eigenvalue weighted by Crippen LogP contribution is -2.43. The molecule has 0 aliphatic carbocycles. The van der Waals surface area contributed by atoms with E-state index in [0.717, 1.165) is 83.5 Å². The van der Waals surface area contributed by atoms with Gasteiger partial charge in [-0.3, -0.25) is 18.6 Å². The number of aliphatic hydroxyl groups is 1. The molecular formula is C43H78NO10P. The molecule has 12 heteroatoms. The third-order valence-corrected chi connectivity index (χ3v) is 10.1. The summed E-state index contributed by atoms with van der Waals surface area (Å²) in [6, 6.07) is -1.55. The lowest BCUT2D eigenvalue weighted by Gasteiger charge is -2.18. The molecule has 4 N–H and O–H groups in total. The second-order valence-corrected chi connectivity index (χ2v) is 16.0. The van der Waals surface area contributed by atoms with Crippen LogP contribution in [0.2, 0.25) is 0 Å². The third kappa shape index (κ3) is 38.4. The standard InChI is InChI=1S/C43H78NO10P/c1-3-5-7-9-11-13-15-17-19-21-22-24-26-28-30-32-34-41(46)44-40(43(48)49)38-54-55(50,51)53-37-39(45)36-52-42(47)35-33-31-29-27-25-23-20-18-16-14-12-10-8-6-4-2/h12,14,18-21,39-40,45H,3-11,13,15-17,22-38H2,1-2H3,(H,44,46)(H,48,49)(H,50,51)/b14-12-,20-18-,21-19-. The minimum Gasteiger partial charge on any atom is -0.480 e. The number of hydrogen-bond acceptors (Lipinski definition) is 8. The summed E-state index contributed by atoms with van der Waals surface area (Å²) < 4.78 is 26.8. The van der Waals surface area contributed by atoms with E-state index in [0.29, 0.717) is 12.8 Å². The van der Waals surface area contributed by atoms with Crippen molar-refractivity contribution < 1.29 is 47.8 Å². The summed E-state index contributed by atoms with van der Waals surface area (Å²) in [6.45, 7) is 2.54. The van der Waals surface area contributed by atoms with Crippen LogP contribution < -0.4 is 5.32 Å². The van der Waals surface area contributed by atoms with Gasteiger partial charge in [-0.1, -0.05) is 140 Å². The van der Waals surface area contributed by atoms with E-state index in [1.165, 1.54) is 64.2 Å². The molecule has 0 aromatic heterocycles. The zero-order chi connectivity index (χ0) is 40.7. The number of phosphoric ester groups is 1. The van der Waals surface area contributed by atoms with Crippen LogP contribution in [0.15, 0.2) is 36.5 Å². The lowest BCUT2D eigenvalue weighted by atomic mass is 10.1. The third-order valence-electron chi connectivity index (χ3n) is 9.15. The molecule has 0 aromatic carbocycles. The Labute approximate surface area is 333 Å². The molecule has 0 radical (unpaired) electrons. The van der Waals surface area contributed by atoms with Crippen LogP contribution in [0.25, 0.3) is 0 Å². The van der Waals surface area contributed by atoms with Crippen LogP contribution in [0.4, 0.5) is 0 Å². The first-order valence-electron chi connectivity index (χ1n) is 21.5. The Balaban J connectivity index is 3.95. The molecule has 0 saturated heterocycles. The van der Waals surface area contributed by atoms with Gasteiger partial charge in [-0.05, 0) is 70.6 Å². The highest BCUT2D eigenvalue weighted by molar-refractivity contribution is 7.47. The van der Waals surface area contributed by atoms with Gasteiger partial charge in [-0.15, -0.1) is 0 Å². The Kier molecular flexibility index (Phi) is 37.0. The van der Waals surface area contributed by atoms with Crippen molar-refractivity contribution in [3.8, 4) is 0 Å². The first-order chi connectivity index (χ1) is 26.6. The van der Waals surface area contributed by atoms with Crippen LogP contribution >= 0.6 is 7.82 Å². The number of carbonyl (C=O) groups is 3. The van der Waals surface area contributed by atoms with Crippen molar-refractivity contribution in [3.63, 3.8) is 0 Å². The van der Waals surface area contributed by atoms with E-state index < -0.39 is 57.6 Å². The monoisotopic (exact) mass is 800 g/mol. The SMILES string of the molecule is CCCCC/C=C\C/C=C\CCCCCCCC(=O)OCC(O)COP(=O)(O)OCC(NC(=O)CCCCCCC/C=C\CCCCCCCCC)C(=O)O. The number of phosphoric acid groups is 1. The number of allylic oxidation sites excluding steroid dienone is 6. The Morgan fingerprint density at radius 1 is 0.582 bits per heavy atom. The maximum atomic E-state index is 12.3. The fraction of sp³-hybridized carbons (Fsp3) is 0.791. The molecule has 0 heterocycles. The maximum Gasteiger partial charge on any atom is 0.472 e. The molecule has 3 unspecified atom stereocenters. The number of amides is 1. The Morgan fingerprint density at radius 2 is 1.00 bits per heavy atom. The Hall–Kier alpha value is -2.30. The number of aliphatic carboxylic acids is 1. The first-order valence-corrected chi connectivity index (χ1v) is 23.0. The molecular weight excluding hydrogens is 721 g/mol. The van der Waals surface area contributed by atoms with E-state index in [-0.39, 0.29) is 12.8 Å². The number of hydrogen-bond donors (Lipinski definition) is 4. The number of esters is 1. The van der Waals surface area contributed by atoms with Crippen LogP contribution in [-0.2, 0) is 32.7 Å². The van der Waals surface area contributed by atoms with E-state index in [2.05, 4.69) is 55.6 Å². The summed E-state index contributed by atoms with van der Waals surface area (Å²) in [5.74, 6) is -2.40. The lowest BCUT2D eigenvalue weighted by molar-refractivity contribution is -0.147. The normalized spacial score (nSPS) is 14.1. The number of carbonyl (C=O) groups excluding carboxylic acids is 2. The first kappa shape index (κ1) is 52.7. The average Bonchev–Trinajstić information content (AvgIpc) is 3.16. The van der Waals surface area contributed by atoms with E-state index in [1.54, 1.807) is 0 Å². The highest BCUT2D eigenvalue weighted by atomic mass is 31.2. The van der Waals surface area contributed by atoms with Gasteiger partial charge in [0.2, 0.25) is 5.91 Å². The van der Waals surface area contributed by atoms with Gasteiger partial charge >= 0.3 is 19.8 Å². The fourth-order valence-corrected chi connectivity index (χ4v) is 6.52. The van der Waals surface area contributed by atoms with Crippen LogP contribution in [0.3, 0.4) is 0 Å². The van der Waals surface area contributed by atoms with Crippen LogP contribution in [0, 0.1) is 0 Å². The minimum atomic E-state index is -4.76. The van der Waals surface area contributed by atoms with Crippen LogP contribution in [0.5, 0.6) is 0 Å². The molecule has 55 heavy (non-hydrogen) atoms. The molecule has 0 aromatic rings. The second kappa shape index (κ2) is 38.6. The van der Waals surface area contributed by atoms with Crippen molar-refractivity contribution >= 4 is 25.7 Å². The van der Waals surface area contributed by atoms with Crippen molar-refractivity contribution in [2.75, 3.05) is 19.8 Å². The Morgan fingerprint density at radius 3 is 1.53 bits per heavy atom. The number of carboxylic acid groups (broad SMARTS) is 1. The number of ether oxygens (including phenoxy) is 1. The van der Waals surface area contributed by atoms with Crippen molar-refractivity contribution in [3.05, 3.63) is 36.5 Å². The summed E-state index contributed by atoms with van der Waals surface area (Å²) in [6.07, 6.45) is 40.2. The fourth-order valence-electron chi connectivity index (χ4n) is 5.75. The quantitative estimate of drug-likeness (QED) is 0.0202. The average molecular weight is 800 g/mol. The molecule has 0 spiro atoms. The van der Waals surface area contributed by atoms with E-state index >= 15 is 0 Å². The van der Waals surface area contributed by atoms with Crippen molar-refractivity contribution in [1.82, 2.24) is 5.32 Å². The van der Waals surface area contributed by atoms with Gasteiger partial charge in [0, 0.05) is 12.8 Å². The predicted molar refractivity (Wildman–Crippen MR) is 222 cm³/mol. The van der Waals surface area contributed by atoms with Gasteiger partial charge in [0.25, 0.3) is 0 Å². The predicted octanol–water partition coefficient (Wildman–Crippen LogP) is 10.8. The van der Waals surface area contributed by atoms with Gasteiger partial charge in [0.15, 0.2) is 6.04 Å². The molecule has 11 nitrogen and oxygen atoms in total. The number of aliphatic hydroxyl groups excluding tert-OH is 1. The molecule has 0 aliphatic heterocycles. The van der Waals surface area contributed by atoms with Gasteiger partial charge in [-0.25, -0.2) is 9.36 Å². The van der Waals surface area contributed by atoms with Crippen LogP contribution in [-0.4, -0.2) is 64.9 Å².